The number of benzene rings is 3. The molecule has 178 valence electrons. The Morgan fingerprint density at radius 3 is 2.18 bits per heavy atom. The Hall–Kier alpha value is -4.05. The molecule has 3 aromatic rings. The van der Waals surface area contributed by atoms with Crippen LogP contribution >= 0.6 is 0 Å². The van der Waals surface area contributed by atoms with E-state index in [4.69, 9.17) is 9.47 Å². The molecule has 3 rings (SSSR count). The predicted molar refractivity (Wildman–Crippen MR) is 128 cm³/mol. The van der Waals surface area contributed by atoms with Crippen molar-refractivity contribution in [1.82, 2.24) is 10.9 Å². The number of carbonyl (C=O) groups excluding carboxylic acids is 2. The first-order valence-electron chi connectivity index (χ1n) is 10.2. The van der Waals surface area contributed by atoms with Gasteiger partial charge in [0, 0.05) is 5.56 Å². The summed E-state index contributed by atoms with van der Waals surface area (Å²) in [6, 6.07) is 15.7. The maximum Gasteiger partial charge on any atom is 0.271 e. The van der Waals surface area contributed by atoms with E-state index in [2.05, 4.69) is 15.6 Å². The van der Waals surface area contributed by atoms with E-state index in [1.807, 2.05) is 6.07 Å². The van der Waals surface area contributed by atoms with Gasteiger partial charge in [-0.2, -0.15) is 0 Å². The fourth-order valence-electron chi connectivity index (χ4n) is 3.20. The van der Waals surface area contributed by atoms with Gasteiger partial charge >= 0.3 is 0 Å². The number of para-hydroxylation sites is 1. The summed E-state index contributed by atoms with van der Waals surface area (Å²) in [5.41, 5.74) is 6.30. The van der Waals surface area contributed by atoms with Gasteiger partial charge in [0.1, 0.15) is 0 Å². The van der Waals surface area contributed by atoms with Crippen LogP contribution in [-0.2, 0) is 10.0 Å². The first kappa shape index (κ1) is 24.6. The highest BCUT2D eigenvalue weighted by Crippen LogP contribution is 2.27. The average molecular weight is 484 g/mol. The molecule has 0 bridgehead atoms. The summed E-state index contributed by atoms with van der Waals surface area (Å²) in [5.74, 6) is -0.489. The highest BCUT2D eigenvalue weighted by atomic mass is 32.2. The van der Waals surface area contributed by atoms with Gasteiger partial charge < -0.3 is 9.47 Å². The third kappa shape index (κ3) is 5.46. The van der Waals surface area contributed by atoms with Crippen LogP contribution in [0.15, 0.2) is 65.6 Å². The molecule has 0 aromatic heterocycles. The number of hydrazine groups is 1. The Kier molecular flexibility index (Phi) is 7.42. The minimum Gasteiger partial charge on any atom is -0.493 e. The predicted octanol–water partition coefficient (Wildman–Crippen LogP) is 3.20. The molecule has 0 aliphatic carbocycles. The van der Waals surface area contributed by atoms with Gasteiger partial charge in [-0.1, -0.05) is 24.3 Å². The van der Waals surface area contributed by atoms with E-state index in [9.17, 15) is 18.0 Å². The number of carbonyl (C=O) groups is 2. The second kappa shape index (κ2) is 10.3. The Morgan fingerprint density at radius 1 is 0.794 bits per heavy atom. The first-order valence-corrected chi connectivity index (χ1v) is 11.7. The largest absolute Gasteiger partial charge is 0.493 e. The summed E-state index contributed by atoms with van der Waals surface area (Å²) in [6.07, 6.45) is 0. The molecule has 0 aliphatic rings. The van der Waals surface area contributed by atoms with Crippen molar-refractivity contribution in [3.05, 3.63) is 82.9 Å². The molecule has 34 heavy (non-hydrogen) atoms. The smallest absolute Gasteiger partial charge is 0.271 e. The van der Waals surface area contributed by atoms with Crippen molar-refractivity contribution in [3.63, 3.8) is 0 Å². The summed E-state index contributed by atoms with van der Waals surface area (Å²) in [4.78, 5) is 25.4. The third-order valence-corrected chi connectivity index (χ3v) is 6.49. The molecule has 0 heterocycles. The second-order valence-corrected chi connectivity index (χ2v) is 9.05. The van der Waals surface area contributed by atoms with Crippen LogP contribution in [0.25, 0.3) is 0 Å². The molecule has 0 spiro atoms. The van der Waals surface area contributed by atoms with Gasteiger partial charge in [-0.25, -0.2) is 8.42 Å². The molecule has 9 nitrogen and oxygen atoms in total. The number of aryl methyl sites for hydroxylation is 2. The third-order valence-electron chi connectivity index (χ3n) is 4.98. The van der Waals surface area contributed by atoms with Gasteiger partial charge in [-0.15, -0.1) is 0 Å². The highest BCUT2D eigenvalue weighted by Gasteiger charge is 2.21. The lowest BCUT2D eigenvalue weighted by Crippen LogP contribution is -2.41. The summed E-state index contributed by atoms with van der Waals surface area (Å²) in [5, 5.41) is 0. The normalized spacial score (nSPS) is 10.8. The number of sulfonamides is 1. The maximum absolute atomic E-state index is 13.0. The molecule has 0 fully saturated rings. The van der Waals surface area contributed by atoms with E-state index in [-0.39, 0.29) is 21.7 Å². The summed E-state index contributed by atoms with van der Waals surface area (Å²) >= 11 is 0. The number of anilines is 1. The van der Waals surface area contributed by atoms with E-state index in [0.717, 1.165) is 5.56 Å². The molecule has 0 saturated carbocycles. The molecule has 10 heteroatoms. The number of methoxy groups -OCH3 is 2. The lowest BCUT2D eigenvalue weighted by Gasteiger charge is -2.15. The van der Waals surface area contributed by atoms with Crippen molar-refractivity contribution in [2.75, 3.05) is 18.9 Å². The standard InChI is InChI=1S/C24H25N3O6S/c1-15-9-10-16(2)22(13-15)34(30,31)27-19-8-6-5-7-18(19)24(29)26-25-23(28)17-11-12-20(32-3)21(14-17)33-4/h5-14,27H,1-4H3,(H,25,28)(H,26,29). The first-order chi connectivity index (χ1) is 16.2. The van der Waals surface area contributed by atoms with Gasteiger partial charge in [0.25, 0.3) is 21.8 Å². The van der Waals surface area contributed by atoms with Gasteiger partial charge in [0.15, 0.2) is 11.5 Å². The lowest BCUT2D eigenvalue weighted by molar-refractivity contribution is 0.0847. The van der Waals surface area contributed by atoms with Crippen LogP contribution in [0.2, 0.25) is 0 Å². The number of hydrogen-bond donors (Lipinski definition) is 3. The quantitative estimate of drug-likeness (QED) is 0.444. The average Bonchev–Trinajstić information content (AvgIpc) is 2.83. The molecule has 0 saturated heterocycles. The molecule has 3 N–H and O–H groups in total. The van der Waals surface area contributed by atoms with E-state index in [1.54, 1.807) is 44.2 Å². The molecule has 0 aliphatic heterocycles. The summed E-state index contributed by atoms with van der Waals surface area (Å²) in [6.45, 7) is 3.48. The molecule has 0 atom stereocenters. The topological polar surface area (TPSA) is 123 Å². The Balaban J connectivity index is 1.77. The zero-order chi connectivity index (χ0) is 24.9. The Bertz CT molecular complexity index is 1340. The van der Waals surface area contributed by atoms with Crippen molar-refractivity contribution < 1.29 is 27.5 Å². The van der Waals surface area contributed by atoms with Crippen LogP contribution < -0.4 is 25.0 Å². The maximum atomic E-state index is 13.0. The van der Waals surface area contributed by atoms with Crippen LogP contribution in [0.3, 0.4) is 0 Å². The van der Waals surface area contributed by atoms with Crippen molar-refractivity contribution in [1.29, 1.82) is 0 Å². The number of hydrogen-bond acceptors (Lipinski definition) is 6. The molecular weight excluding hydrogens is 458 g/mol. The summed E-state index contributed by atoms with van der Waals surface area (Å²) < 4.78 is 38.7. The van der Waals surface area contributed by atoms with Crippen molar-refractivity contribution >= 4 is 27.5 Å². The Morgan fingerprint density at radius 2 is 1.47 bits per heavy atom. The van der Waals surface area contributed by atoms with Crippen LogP contribution in [0.4, 0.5) is 5.69 Å². The number of ether oxygens (including phenoxy) is 2. The number of amides is 2. The van der Waals surface area contributed by atoms with Crippen LogP contribution in [0.1, 0.15) is 31.8 Å². The molecular formula is C24H25N3O6S. The van der Waals surface area contributed by atoms with Gasteiger partial charge in [-0.05, 0) is 61.4 Å². The van der Waals surface area contributed by atoms with Crippen LogP contribution in [0.5, 0.6) is 11.5 Å². The molecule has 0 unspecified atom stereocenters. The molecule has 3 aromatic carbocycles. The van der Waals surface area contributed by atoms with Crippen LogP contribution in [-0.4, -0.2) is 34.5 Å². The SMILES string of the molecule is COc1ccc(C(=O)NNC(=O)c2ccccc2NS(=O)(=O)c2cc(C)ccc2C)cc1OC. The van der Waals surface area contributed by atoms with Crippen molar-refractivity contribution in [2.24, 2.45) is 0 Å². The highest BCUT2D eigenvalue weighted by molar-refractivity contribution is 7.92. The number of nitrogens with one attached hydrogen (secondary N) is 3. The zero-order valence-electron chi connectivity index (χ0n) is 19.1. The second-order valence-electron chi connectivity index (χ2n) is 7.40. The van der Waals surface area contributed by atoms with E-state index in [0.29, 0.717) is 17.1 Å². The number of rotatable bonds is 7. The van der Waals surface area contributed by atoms with E-state index >= 15 is 0 Å². The fraction of sp³-hybridized carbons (Fsp3) is 0.167. The molecule has 0 radical (unpaired) electrons. The zero-order valence-corrected chi connectivity index (χ0v) is 19.9. The van der Waals surface area contributed by atoms with Gasteiger partial charge in [0.2, 0.25) is 0 Å². The van der Waals surface area contributed by atoms with Crippen LogP contribution in [0, 0.1) is 13.8 Å². The van der Waals surface area contributed by atoms with E-state index < -0.39 is 21.8 Å². The van der Waals surface area contributed by atoms with Gasteiger partial charge in [0.05, 0.1) is 30.4 Å². The van der Waals surface area contributed by atoms with Gasteiger partial charge in [-0.3, -0.25) is 25.2 Å². The van der Waals surface area contributed by atoms with Crippen molar-refractivity contribution in [2.45, 2.75) is 18.7 Å². The van der Waals surface area contributed by atoms with Crippen molar-refractivity contribution in [3.8, 4) is 11.5 Å². The summed E-state index contributed by atoms with van der Waals surface area (Å²) in [7, 11) is -1.04. The lowest BCUT2D eigenvalue weighted by atomic mass is 10.2. The Labute approximate surface area is 198 Å². The van der Waals surface area contributed by atoms with E-state index in [1.165, 1.54) is 38.5 Å². The monoisotopic (exact) mass is 483 g/mol. The fourth-order valence-corrected chi connectivity index (χ4v) is 4.61. The minimum absolute atomic E-state index is 0.0315. The minimum atomic E-state index is -3.95. The molecule has 2 amide bonds.